The number of hydrogen-bond acceptors (Lipinski definition) is 4. The van der Waals surface area contributed by atoms with Crippen molar-refractivity contribution in [2.24, 2.45) is 5.92 Å². The van der Waals surface area contributed by atoms with Gasteiger partial charge in [0.05, 0.1) is 11.9 Å². The molecule has 0 aliphatic carbocycles. The van der Waals surface area contributed by atoms with E-state index in [1.807, 2.05) is 13.8 Å². The third kappa shape index (κ3) is 7.21. The lowest BCUT2D eigenvalue weighted by Crippen LogP contribution is -2.37. The molecule has 128 valence electrons. The van der Waals surface area contributed by atoms with Crippen molar-refractivity contribution in [3.8, 4) is 0 Å². The Morgan fingerprint density at radius 2 is 1.96 bits per heavy atom. The number of aromatic nitrogens is 2. The molecule has 0 aromatic carbocycles. The number of hydrogen-bond donors (Lipinski definition) is 1. The summed E-state index contributed by atoms with van der Waals surface area (Å²) in [5, 5.41) is 2.83. The highest BCUT2D eigenvalue weighted by atomic mass is 16.2. The van der Waals surface area contributed by atoms with Crippen molar-refractivity contribution < 1.29 is 9.59 Å². The van der Waals surface area contributed by atoms with Crippen molar-refractivity contribution in [3.05, 3.63) is 23.8 Å². The van der Waals surface area contributed by atoms with Crippen LogP contribution in [-0.2, 0) is 4.79 Å². The maximum Gasteiger partial charge on any atom is 0.274 e. The van der Waals surface area contributed by atoms with Gasteiger partial charge in [-0.25, -0.2) is 4.98 Å². The van der Waals surface area contributed by atoms with Crippen molar-refractivity contribution in [2.75, 3.05) is 19.6 Å². The van der Waals surface area contributed by atoms with Gasteiger partial charge in [0.2, 0.25) is 5.91 Å². The van der Waals surface area contributed by atoms with Crippen LogP contribution in [0.5, 0.6) is 0 Å². The molecular weight excluding hydrogens is 292 g/mol. The minimum atomic E-state index is -0.165. The second kappa shape index (κ2) is 9.92. The molecule has 0 unspecified atom stereocenters. The molecule has 2 amide bonds. The predicted octanol–water partition coefficient (Wildman–Crippen LogP) is 2.19. The summed E-state index contributed by atoms with van der Waals surface area (Å²) in [6, 6.07) is 0. The van der Waals surface area contributed by atoms with Gasteiger partial charge in [-0.3, -0.25) is 14.6 Å². The van der Waals surface area contributed by atoms with Crippen molar-refractivity contribution in [3.63, 3.8) is 0 Å². The first-order chi connectivity index (χ1) is 10.9. The molecule has 0 aliphatic rings. The van der Waals surface area contributed by atoms with Crippen LogP contribution in [0.15, 0.2) is 12.4 Å². The van der Waals surface area contributed by atoms with E-state index in [1.54, 1.807) is 11.1 Å². The number of amides is 2. The van der Waals surface area contributed by atoms with Gasteiger partial charge in [-0.15, -0.1) is 0 Å². The Balaban J connectivity index is 2.68. The molecule has 6 nitrogen and oxygen atoms in total. The summed E-state index contributed by atoms with van der Waals surface area (Å²) in [6.07, 6.45) is 5.18. The molecule has 1 N–H and O–H groups in total. The molecule has 0 aliphatic heterocycles. The van der Waals surface area contributed by atoms with Crippen LogP contribution < -0.4 is 5.32 Å². The second-order valence-electron chi connectivity index (χ2n) is 6.12. The van der Waals surface area contributed by atoms with Crippen LogP contribution in [0, 0.1) is 12.8 Å². The highest BCUT2D eigenvalue weighted by Crippen LogP contribution is 2.07. The molecular formula is C17H28N4O2. The van der Waals surface area contributed by atoms with Crippen molar-refractivity contribution in [1.82, 2.24) is 20.2 Å². The van der Waals surface area contributed by atoms with E-state index in [9.17, 15) is 9.59 Å². The summed E-state index contributed by atoms with van der Waals surface area (Å²) >= 11 is 0. The molecule has 0 atom stereocenters. The Morgan fingerprint density at radius 1 is 1.22 bits per heavy atom. The summed E-state index contributed by atoms with van der Waals surface area (Å²) < 4.78 is 0. The van der Waals surface area contributed by atoms with Crippen LogP contribution >= 0.6 is 0 Å². The first-order valence-corrected chi connectivity index (χ1v) is 8.28. The predicted molar refractivity (Wildman–Crippen MR) is 90.0 cm³/mol. The number of aryl methyl sites for hydroxylation is 1. The summed E-state index contributed by atoms with van der Waals surface area (Å²) in [4.78, 5) is 34.3. The first kappa shape index (κ1) is 19.1. The Morgan fingerprint density at radius 3 is 2.52 bits per heavy atom. The molecule has 0 fully saturated rings. The average Bonchev–Trinajstić information content (AvgIpc) is 2.52. The molecule has 0 saturated carbocycles. The molecule has 23 heavy (non-hydrogen) atoms. The van der Waals surface area contributed by atoms with Crippen LogP contribution in [0.3, 0.4) is 0 Å². The van der Waals surface area contributed by atoms with E-state index in [-0.39, 0.29) is 11.8 Å². The van der Waals surface area contributed by atoms with Gasteiger partial charge in [-0.1, -0.05) is 20.8 Å². The SMILES string of the molecule is CCCNC(=O)CCN(CCC(C)C)C(=O)c1cnc(C)cn1. The van der Waals surface area contributed by atoms with Gasteiger partial charge in [0.15, 0.2) is 0 Å². The fourth-order valence-electron chi connectivity index (χ4n) is 1.98. The van der Waals surface area contributed by atoms with Crippen molar-refractivity contribution >= 4 is 11.8 Å². The van der Waals surface area contributed by atoms with E-state index in [0.29, 0.717) is 37.7 Å². The van der Waals surface area contributed by atoms with Gasteiger partial charge < -0.3 is 10.2 Å². The maximum atomic E-state index is 12.6. The topological polar surface area (TPSA) is 75.2 Å². The average molecular weight is 320 g/mol. The minimum absolute atomic E-state index is 0.0239. The fourth-order valence-corrected chi connectivity index (χ4v) is 1.98. The highest BCUT2D eigenvalue weighted by Gasteiger charge is 2.18. The minimum Gasteiger partial charge on any atom is -0.356 e. The van der Waals surface area contributed by atoms with Crippen LogP contribution in [0.1, 0.15) is 56.2 Å². The van der Waals surface area contributed by atoms with Crippen molar-refractivity contribution in [1.29, 1.82) is 0 Å². The van der Waals surface area contributed by atoms with Crippen molar-refractivity contribution in [2.45, 2.75) is 47.0 Å². The van der Waals surface area contributed by atoms with Crippen LogP contribution in [0.2, 0.25) is 0 Å². The standard InChI is InChI=1S/C17H28N4O2/c1-5-8-18-16(22)7-10-21(9-6-13(2)3)17(23)15-12-19-14(4)11-20-15/h11-13H,5-10H2,1-4H3,(H,18,22). The number of nitrogens with zero attached hydrogens (tertiary/aromatic N) is 3. The normalized spacial score (nSPS) is 10.7. The van der Waals surface area contributed by atoms with Gasteiger partial charge in [0, 0.05) is 32.3 Å². The molecule has 0 spiro atoms. The Bertz CT molecular complexity index is 500. The first-order valence-electron chi connectivity index (χ1n) is 8.28. The van der Waals surface area contributed by atoms with Gasteiger partial charge in [-0.2, -0.15) is 0 Å². The Labute approximate surface area is 138 Å². The van der Waals surface area contributed by atoms with Gasteiger partial charge >= 0.3 is 0 Å². The molecule has 6 heteroatoms. The van der Waals surface area contributed by atoms with E-state index in [2.05, 4.69) is 29.1 Å². The summed E-state index contributed by atoms with van der Waals surface area (Å²) in [7, 11) is 0. The molecule has 0 saturated heterocycles. The number of carbonyl (C=O) groups excluding carboxylic acids is 2. The number of nitrogens with one attached hydrogen (secondary N) is 1. The molecule has 0 bridgehead atoms. The molecule has 1 heterocycles. The molecule has 1 aromatic heterocycles. The van der Waals surface area contributed by atoms with Gasteiger partial charge in [0.1, 0.15) is 5.69 Å². The monoisotopic (exact) mass is 320 g/mol. The lowest BCUT2D eigenvalue weighted by molar-refractivity contribution is -0.121. The molecule has 1 rings (SSSR count). The maximum absolute atomic E-state index is 12.6. The fraction of sp³-hybridized carbons (Fsp3) is 0.647. The zero-order valence-electron chi connectivity index (χ0n) is 14.6. The van der Waals surface area contributed by atoms with Crippen LogP contribution in [-0.4, -0.2) is 46.3 Å². The third-order valence-corrected chi connectivity index (χ3v) is 3.44. The Kier molecular flexibility index (Phi) is 8.22. The smallest absolute Gasteiger partial charge is 0.274 e. The van der Waals surface area contributed by atoms with E-state index in [4.69, 9.17) is 0 Å². The van der Waals surface area contributed by atoms with E-state index >= 15 is 0 Å². The van der Waals surface area contributed by atoms with Gasteiger partial charge in [-0.05, 0) is 25.7 Å². The van der Waals surface area contributed by atoms with Crippen LogP contribution in [0.4, 0.5) is 0 Å². The quantitative estimate of drug-likeness (QED) is 0.757. The second-order valence-corrected chi connectivity index (χ2v) is 6.12. The summed E-state index contributed by atoms with van der Waals surface area (Å²) in [5.74, 6) is 0.300. The summed E-state index contributed by atoms with van der Waals surface area (Å²) in [5.41, 5.74) is 1.10. The third-order valence-electron chi connectivity index (χ3n) is 3.44. The summed E-state index contributed by atoms with van der Waals surface area (Å²) in [6.45, 7) is 9.75. The lowest BCUT2D eigenvalue weighted by Gasteiger charge is -2.23. The van der Waals surface area contributed by atoms with E-state index in [0.717, 1.165) is 18.5 Å². The molecule has 1 aromatic rings. The lowest BCUT2D eigenvalue weighted by atomic mass is 10.1. The zero-order valence-corrected chi connectivity index (χ0v) is 14.6. The highest BCUT2D eigenvalue weighted by molar-refractivity contribution is 5.92. The number of rotatable bonds is 9. The van der Waals surface area contributed by atoms with Gasteiger partial charge in [0.25, 0.3) is 5.91 Å². The number of carbonyl (C=O) groups is 2. The Hall–Kier alpha value is -1.98. The van der Waals surface area contributed by atoms with Crippen LogP contribution in [0.25, 0.3) is 0 Å². The van der Waals surface area contributed by atoms with E-state index < -0.39 is 0 Å². The zero-order chi connectivity index (χ0) is 17.2. The largest absolute Gasteiger partial charge is 0.356 e. The van der Waals surface area contributed by atoms with E-state index in [1.165, 1.54) is 6.20 Å². The molecule has 0 radical (unpaired) electrons.